The standard InChI is InChI=1S/C20H32N2O10/c1-19(2)29-12-9(27-17-15(14(12)30-19)31-20(3,4)32-17)7-21-18-22-16-13(28-18)11(25)10(24)8(26-16)5-6-23/h8-17,23-25H,5-7H2,1-4H3,(H,21,22)/t8-,9-,10-,11+,12+,13-,14+,15-,16-,17-/m1/s1. The Bertz CT molecular complexity index is 748. The molecular weight excluding hydrogens is 428 g/mol. The summed E-state index contributed by atoms with van der Waals surface area (Å²) >= 11 is 0. The van der Waals surface area contributed by atoms with Gasteiger partial charge in [-0.1, -0.05) is 0 Å². The average molecular weight is 460 g/mol. The minimum atomic E-state index is -1.18. The predicted octanol–water partition coefficient (Wildman–Crippen LogP) is -1.44. The van der Waals surface area contributed by atoms with Gasteiger partial charge >= 0.3 is 0 Å². The molecule has 0 radical (unpaired) electrons. The lowest BCUT2D eigenvalue weighted by Gasteiger charge is -2.37. The van der Waals surface area contributed by atoms with Crippen molar-refractivity contribution in [2.45, 2.75) is 107 Å². The number of aliphatic imine (C=N–C) groups is 1. The Balaban J connectivity index is 1.28. The second-order valence-electron chi connectivity index (χ2n) is 9.67. The van der Waals surface area contributed by atoms with E-state index in [-0.39, 0.29) is 31.7 Å². The third-order valence-corrected chi connectivity index (χ3v) is 6.28. The zero-order valence-electron chi connectivity index (χ0n) is 18.5. The molecule has 5 aliphatic heterocycles. The monoisotopic (exact) mass is 460 g/mol. The van der Waals surface area contributed by atoms with Gasteiger partial charge in [-0.25, -0.2) is 4.99 Å². The summed E-state index contributed by atoms with van der Waals surface area (Å²) < 4.78 is 41.6. The minimum absolute atomic E-state index is 0.167. The Hall–Kier alpha value is -1.09. The van der Waals surface area contributed by atoms with E-state index in [2.05, 4.69) is 10.3 Å². The molecule has 0 aromatic rings. The number of amidine groups is 1. The van der Waals surface area contributed by atoms with Gasteiger partial charge in [0.2, 0.25) is 0 Å². The van der Waals surface area contributed by atoms with Crippen molar-refractivity contribution in [2.24, 2.45) is 4.99 Å². The lowest BCUT2D eigenvalue weighted by Crippen LogP contribution is -2.58. The number of hydrogen-bond acceptors (Lipinski definition) is 11. The molecule has 12 nitrogen and oxygen atoms in total. The average Bonchev–Trinajstić information content (AvgIpc) is 3.35. The maximum atomic E-state index is 10.4. The first-order valence-electron chi connectivity index (χ1n) is 11.0. The Morgan fingerprint density at radius 1 is 0.844 bits per heavy atom. The molecule has 12 heteroatoms. The van der Waals surface area contributed by atoms with Gasteiger partial charge in [0, 0.05) is 6.61 Å². The van der Waals surface area contributed by atoms with Crippen LogP contribution in [0.4, 0.5) is 0 Å². The SMILES string of the molecule is CC1(C)O[C@H]2[C@@H](O1)[C@@H](CN=C1N[C@@H]3O[C@H](CCO)[C@@H](O)[C@H](O)[C@H]3O1)O[C@@H]1OC(C)(C)O[C@@H]12. The Kier molecular flexibility index (Phi) is 5.67. The third kappa shape index (κ3) is 4.01. The zero-order chi connectivity index (χ0) is 22.8. The second-order valence-corrected chi connectivity index (χ2v) is 9.67. The van der Waals surface area contributed by atoms with Gasteiger partial charge < -0.3 is 53.8 Å². The zero-order valence-corrected chi connectivity index (χ0v) is 18.5. The fraction of sp³-hybridized carbons (Fsp3) is 0.950. The highest BCUT2D eigenvalue weighted by Gasteiger charge is 2.60. The molecule has 0 unspecified atom stereocenters. The van der Waals surface area contributed by atoms with Crippen LogP contribution in [0.5, 0.6) is 0 Å². The number of ether oxygens (including phenoxy) is 7. The lowest BCUT2D eigenvalue weighted by molar-refractivity contribution is -0.231. The van der Waals surface area contributed by atoms with Crippen LogP contribution in [0.3, 0.4) is 0 Å². The van der Waals surface area contributed by atoms with Crippen molar-refractivity contribution in [2.75, 3.05) is 13.2 Å². The normalized spacial score (nSPS) is 49.8. The number of nitrogens with zero attached hydrogens (tertiary/aromatic N) is 1. The van der Waals surface area contributed by atoms with Crippen LogP contribution in [0.1, 0.15) is 34.1 Å². The first kappa shape index (κ1) is 22.7. The topological polar surface area (TPSA) is 150 Å². The molecule has 4 N–H and O–H groups in total. The molecule has 5 saturated heterocycles. The summed E-state index contributed by atoms with van der Waals surface area (Å²) in [4.78, 5) is 4.46. The lowest BCUT2D eigenvalue weighted by atomic mass is 9.97. The van der Waals surface area contributed by atoms with Crippen LogP contribution in [0.25, 0.3) is 0 Å². The summed E-state index contributed by atoms with van der Waals surface area (Å²) in [5.41, 5.74) is 0. The number of hydrogen-bond donors (Lipinski definition) is 4. The van der Waals surface area contributed by atoms with Gasteiger partial charge in [-0.3, -0.25) is 0 Å². The van der Waals surface area contributed by atoms with Crippen molar-refractivity contribution in [1.82, 2.24) is 5.32 Å². The fourth-order valence-electron chi connectivity index (χ4n) is 4.93. The molecule has 5 fully saturated rings. The van der Waals surface area contributed by atoms with E-state index in [0.717, 1.165) is 0 Å². The van der Waals surface area contributed by atoms with Crippen LogP contribution in [0.2, 0.25) is 0 Å². The van der Waals surface area contributed by atoms with Crippen molar-refractivity contribution in [3.05, 3.63) is 0 Å². The maximum absolute atomic E-state index is 10.4. The molecule has 0 bridgehead atoms. The van der Waals surface area contributed by atoms with E-state index in [1.54, 1.807) is 0 Å². The quantitative estimate of drug-likeness (QED) is 0.390. The Morgan fingerprint density at radius 3 is 2.28 bits per heavy atom. The maximum Gasteiger partial charge on any atom is 0.287 e. The predicted molar refractivity (Wildman–Crippen MR) is 105 cm³/mol. The van der Waals surface area contributed by atoms with Crippen molar-refractivity contribution >= 4 is 6.02 Å². The van der Waals surface area contributed by atoms with Crippen LogP contribution in [0.15, 0.2) is 4.99 Å². The highest BCUT2D eigenvalue weighted by molar-refractivity contribution is 5.76. The summed E-state index contributed by atoms with van der Waals surface area (Å²) in [5, 5.41) is 32.7. The largest absolute Gasteiger partial charge is 0.454 e. The van der Waals surface area contributed by atoms with Crippen LogP contribution < -0.4 is 5.32 Å². The molecule has 5 rings (SSSR count). The van der Waals surface area contributed by atoms with Crippen molar-refractivity contribution in [1.29, 1.82) is 0 Å². The first-order valence-corrected chi connectivity index (χ1v) is 11.0. The first-order chi connectivity index (χ1) is 15.1. The van der Waals surface area contributed by atoms with Crippen molar-refractivity contribution in [3.8, 4) is 0 Å². The van der Waals surface area contributed by atoms with E-state index in [1.165, 1.54) is 0 Å². The van der Waals surface area contributed by atoms with Gasteiger partial charge in [0.05, 0.1) is 12.6 Å². The van der Waals surface area contributed by atoms with E-state index in [1.807, 2.05) is 27.7 Å². The number of nitrogens with one attached hydrogen (secondary N) is 1. The second kappa shape index (κ2) is 8.00. The van der Waals surface area contributed by atoms with Gasteiger partial charge in [0.1, 0.15) is 36.6 Å². The van der Waals surface area contributed by atoms with Crippen LogP contribution >= 0.6 is 0 Å². The number of aliphatic hydroxyl groups excluding tert-OH is 3. The Morgan fingerprint density at radius 2 is 1.53 bits per heavy atom. The molecular formula is C20H32N2O10. The van der Waals surface area contributed by atoms with E-state index in [4.69, 9.17) is 38.3 Å². The molecule has 0 amide bonds. The molecule has 0 aliphatic carbocycles. The Labute approximate surface area is 185 Å². The van der Waals surface area contributed by atoms with E-state index in [9.17, 15) is 10.2 Å². The highest BCUT2D eigenvalue weighted by atomic mass is 16.9. The van der Waals surface area contributed by atoms with Crippen LogP contribution in [-0.2, 0) is 33.2 Å². The number of aliphatic hydroxyl groups is 3. The summed E-state index contributed by atoms with van der Waals surface area (Å²) in [5.74, 6) is -1.61. The minimum Gasteiger partial charge on any atom is -0.454 e. The fourth-order valence-corrected chi connectivity index (χ4v) is 4.93. The molecule has 182 valence electrons. The van der Waals surface area contributed by atoms with Gasteiger partial charge in [0.25, 0.3) is 6.02 Å². The summed E-state index contributed by atoms with van der Waals surface area (Å²) in [6, 6.07) is 0.167. The smallest absolute Gasteiger partial charge is 0.287 e. The summed E-state index contributed by atoms with van der Waals surface area (Å²) in [6.45, 7) is 7.32. The van der Waals surface area contributed by atoms with Crippen LogP contribution in [-0.4, -0.2) is 107 Å². The van der Waals surface area contributed by atoms with Gasteiger partial charge in [-0.05, 0) is 34.1 Å². The molecule has 0 saturated carbocycles. The van der Waals surface area contributed by atoms with E-state index < -0.39 is 66.8 Å². The molecule has 5 aliphatic rings. The third-order valence-electron chi connectivity index (χ3n) is 6.28. The number of fused-ring (bicyclic) bond motifs is 4. The van der Waals surface area contributed by atoms with Gasteiger partial charge in [-0.2, -0.15) is 0 Å². The molecule has 0 aromatic carbocycles. The van der Waals surface area contributed by atoms with Gasteiger partial charge in [-0.15, -0.1) is 0 Å². The van der Waals surface area contributed by atoms with Crippen molar-refractivity contribution in [3.63, 3.8) is 0 Å². The molecule has 10 atom stereocenters. The number of rotatable bonds is 4. The molecule has 5 heterocycles. The molecule has 32 heavy (non-hydrogen) atoms. The summed E-state index contributed by atoms with van der Waals surface area (Å²) in [7, 11) is 0. The molecule has 0 spiro atoms. The van der Waals surface area contributed by atoms with E-state index in [0.29, 0.717) is 0 Å². The van der Waals surface area contributed by atoms with Crippen LogP contribution in [0, 0.1) is 0 Å². The highest BCUT2D eigenvalue weighted by Crippen LogP contribution is 2.44. The van der Waals surface area contributed by atoms with Crippen molar-refractivity contribution < 1.29 is 48.5 Å². The summed E-state index contributed by atoms with van der Waals surface area (Å²) in [6.07, 6.45) is -6.69. The molecule has 0 aromatic heterocycles. The van der Waals surface area contributed by atoms with Gasteiger partial charge in [0.15, 0.2) is 30.2 Å². The van der Waals surface area contributed by atoms with E-state index >= 15 is 0 Å².